The Balaban J connectivity index is 1.33. The van der Waals surface area contributed by atoms with Crippen LogP contribution in [0.15, 0.2) is 22.7 Å². The van der Waals surface area contributed by atoms with E-state index in [1.54, 1.807) is 4.90 Å². The number of nitrogens with zero attached hydrogens (tertiary/aromatic N) is 2. The number of rotatable bonds is 6. The lowest BCUT2D eigenvalue weighted by atomic mass is 9.98. The second kappa shape index (κ2) is 9.17. The minimum atomic E-state index is -0.761. The molecule has 1 amide bonds. The standard InChI is InChI=1S/C24H34N2O6/c1-23(2,3)31-22(27)26-13-9-17(10-14-26)15-29-21-20-18(7-6-8-19(20)32-25-21)30-16-24(28)11-4-5-12-24/h6-8,17,28H,4-5,9-16H2,1-3H3. The second-order valence-electron chi connectivity index (χ2n) is 10.1. The molecule has 0 radical (unpaired) electrons. The van der Waals surface area contributed by atoms with Crippen LogP contribution in [-0.2, 0) is 4.74 Å². The molecule has 1 saturated carbocycles. The minimum Gasteiger partial charge on any atom is -0.490 e. The van der Waals surface area contributed by atoms with Crippen molar-refractivity contribution >= 4 is 17.1 Å². The maximum absolute atomic E-state index is 12.2. The zero-order valence-electron chi connectivity index (χ0n) is 19.3. The molecule has 176 valence electrons. The average Bonchev–Trinajstić information content (AvgIpc) is 3.37. The van der Waals surface area contributed by atoms with Crippen LogP contribution >= 0.6 is 0 Å². The monoisotopic (exact) mass is 446 g/mol. The van der Waals surface area contributed by atoms with Crippen LogP contribution in [0.2, 0.25) is 0 Å². The molecule has 0 spiro atoms. The number of aliphatic hydroxyl groups is 1. The van der Waals surface area contributed by atoms with Crippen molar-refractivity contribution in [2.45, 2.75) is 70.5 Å². The summed E-state index contributed by atoms with van der Waals surface area (Å²) in [5.41, 5.74) is -0.656. The van der Waals surface area contributed by atoms with E-state index in [2.05, 4.69) is 5.16 Å². The van der Waals surface area contributed by atoms with Crippen molar-refractivity contribution in [3.63, 3.8) is 0 Å². The quantitative estimate of drug-likeness (QED) is 0.696. The maximum Gasteiger partial charge on any atom is 0.410 e. The van der Waals surface area contributed by atoms with Crippen molar-refractivity contribution in [2.24, 2.45) is 5.92 Å². The van der Waals surface area contributed by atoms with Crippen molar-refractivity contribution in [3.05, 3.63) is 18.2 Å². The lowest BCUT2D eigenvalue weighted by Gasteiger charge is -2.33. The fourth-order valence-corrected chi connectivity index (χ4v) is 4.35. The molecule has 1 saturated heterocycles. The van der Waals surface area contributed by atoms with Crippen LogP contribution in [0.5, 0.6) is 11.6 Å². The molecule has 1 aromatic heterocycles. The molecule has 32 heavy (non-hydrogen) atoms. The van der Waals surface area contributed by atoms with Gasteiger partial charge in [-0.15, -0.1) is 0 Å². The van der Waals surface area contributed by atoms with Crippen LogP contribution in [0.25, 0.3) is 11.0 Å². The van der Waals surface area contributed by atoms with Gasteiger partial charge in [-0.3, -0.25) is 0 Å². The Kier molecular flexibility index (Phi) is 6.51. The third kappa shape index (κ3) is 5.46. The molecule has 1 N–H and O–H groups in total. The zero-order valence-corrected chi connectivity index (χ0v) is 19.3. The van der Waals surface area contributed by atoms with E-state index >= 15 is 0 Å². The van der Waals surface area contributed by atoms with Crippen molar-refractivity contribution < 1.29 is 28.6 Å². The number of fused-ring (bicyclic) bond motifs is 1. The van der Waals surface area contributed by atoms with Crippen LogP contribution in [0.4, 0.5) is 4.79 Å². The Labute approximate surface area is 188 Å². The highest BCUT2D eigenvalue weighted by Crippen LogP contribution is 2.36. The third-order valence-corrected chi connectivity index (χ3v) is 6.18. The van der Waals surface area contributed by atoms with Gasteiger partial charge in [-0.05, 0) is 69.7 Å². The molecule has 2 aliphatic rings. The van der Waals surface area contributed by atoms with Crippen LogP contribution in [0, 0.1) is 5.92 Å². The molecule has 2 heterocycles. The van der Waals surface area contributed by atoms with Gasteiger partial charge in [0, 0.05) is 13.1 Å². The number of amides is 1. The summed E-state index contributed by atoms with van der Waals surface area (Å²) in [6, 6.07) is 5.52. The molecule has 1 aromatic carbocycles. The van der Waals surface area contributed by atoms with E-state index in [0.29, 0.717) is 48.2 Å². The summed E-state index contributed by atoms with van der Waals surface area (Å²) in [4.78, 5) is 14.0. The van der Waals surface area contributed by atoms with E-state index in [1.807, 2.05) is 39.0 Å². The second-order valence-corrected chi connectivity index (χ2v) is 10.1. The molecule has 8 nitrogen and oxygen atoms in total. The van der Waals surface area contributed by atoms with Gasteiger partial charge in [0.05, 0.1) is 12.2 Å². The summed E-state index contributed by atoms with van der Waals surface area (Å²) in [5.74, 6) is 1.33. The summed E-state index contributed by atoms with van der Waals surface area (Å²) in [5, 5.41) is 15.4. The summed E-state index contributed by atoms with van der Waals surface area (Å²) in [6.45, 7) is 7.66. The summed E-state index contributed by atoms with van der Waals surface area (Å²) < 4.78 is 22.9. The topological polar surface area (TPSA) is 94.3 Å². The molecule has 1 aliphatic heterocycles. The van der Waals surface area contributed by atoms with Gasteiger partial charge in [-0.2, -0.15) is 0 Å². The van der Waals surface area contributed by atoms with Crippen molar-refractivity contribution in [3.8, 4) is 11.6 Å². The number of aromatic nitrogens is 1. The first-order valence-electron chi connectivity index (χ1n) is 11.6. The first-order chi connectivity index (χ1) is 15.2. The third-order valence-electron chi connectivity index (χ3n) is 6.18. The summed E-state index contributed by atoms with van der Waals surface area (Å²) in [7, 11) is 0. The van der Waals surface area contributed by atoms with Gasteiger partial charge in [-0.25, -0.2) is 4.79 Å². The average molecular weight is 447 g/mol. The first kappa shape index (κ1) is 22.7. The lowest BCUT2D eigenvalue weighted by Crippen LogP contribution is -2.42. The predicted molar refractivity (Wildman–Crippen MR) is 119 cm³/mol. The highest BCUT2D eigenvalue weighted by molar-refractivity contribution is 5.88. The van der Waals surface area contributed by atoms with Crippen LogP contribution in [-0.4, -0.2) is 58.8 Å². The van der Waals surface area contributed by atoms with Gasteiger partial charge >= 0.3 is 6.09 Å². The summed E-state index contributed by atoms with van der Waals surface area (Å²) >= 11 is 0. The number of hydrogen-bond acceptors (Lipinski definition) is 7. The van der Waals surface area contributed by atoms with E-state index in [1.165, 1.54) is 0 Å². The Morgan fingerprint density at radius 1 is 1.22 bits per heavy atom. The Morgan fingerprint density at radius 3 is 2.62 bits per heavy atom. The molecular formula is C24H34N2O6. The van der Waals surface area contributed by atoms with E-state index < -0.39 is 11.2 Å². The van der Waals surface area contributed by atoms with E-state index in [0.717, 1.165) is 38.5 Å². The SMILES string of the molecule is CC(C)(C)OC(=O)N1CCC(COc2noc3cccc(OCC4(O)CCCC4)c23)CC1. The zero-order chi connectivity index (χ0) is 22.8. The number of carbonyl (C=O) groups is 1. The van der Waals surface area contributed by atoms with E-state index in [4.69, 9.17) is 18.7 Å². The number of piperidine rings is 1. The van der Waals surface area contributed by atoms with Crippen molar-refractivity contribution in [1.82, 2.24) is 10.1 Å². The van der Waals surface area contributed by atoms with Gasteiger partial charge in [-0.1, -0.05) is 18.9 Å². The molecule has 0 bridgehead atoms. The maximum atomic E-state index is 12.2. The molecule has 4 rings (SSSR count). The number of likely N-dealkylation sites (tertiary alicyclic amines) is 1. The van der Waals surface area contributed by atoms with Crippen LogP contribution in [0.3, 0.4) is 0 Å². The van der Waals surface area contributed by atoms with Crippen LogP contribution < -0.4 is 9.47 Å². The minimum absolute atomic E-state index is 0.250. The van der Waals surface area contributed by atoms with Gasteiger partial charge in [0.2, 0.25) is 0 Å². The fraction of sp³-hybridized carbons (Fsp3) is 0.667. The van der Waals surface area contributed by atoms with Crippen LogP contribution in [0.1, 0.15) is 59.3 Å². The first-order valence-corrected chi connectivity index (χ1v) is 11.6. The van der Waals surface area contributed by atoms with E-state index in [9.17, 15) is 9.90 Å². The lowest BCUT2D eigenvalue weighted by molar-refractivity contribution is 0.00183. The molecule has 2 fully saturated rings. The van der Waals surface area contributed by atoms with Gasteiger partial charge in [0.1, 0.15) is 23.3 Å². The van der Waals surface area contributed by atoms with E-state index in [-0.39, 0.29) is 12.7 Å². The molecule has 8 heteroatoms. The molecule has 0 atom stereocenters. The van der Waals surface area contributed by atoms with Gasteiger partial charge in [0.15, 0.2) is 5.58 Å². The molecule has 0 unspecified atom stereocenters. The van der Waals surface area contributed by atoms with Gasteiger partial charge in [0.25, 0.3) is 5.88 Å². The normalized spacial score (nSPS) is 19.3. The van der Waals surface area contributed by atoms with Crippen molar-refractivity contribution in [1.29, 1.82) is 0 Å². The molecule has 1 aliphatic carbocycles. The Bertz CT molecular complexity index is 920. The fourth-order valence-electron chi connectivity index (χ4n) is 4.35. The number of carbonyl (C=O) groups excluding carboxylic acids is 1. The molecular weight excluding hydrogens is 412 g/mol. The Hall–Kier alpha value is -2.48. The highest BCUT2D eigenvalue weighted by atomic mass is 16.6. The number of benzene rings is 1. The van der Waals surface area contributed by atoms with Gasteiger partial charge < -0.3 is 28.7 Å². The molecule has 2 aromatic rings. The van der Waals surface area contributed by atoms with Crippen molar-refractivity contribution in [2.75, 3.05) is 26.3 Å². The largest absolute Gasteiger partial charge is 0.490 e. The Morgan fingerprint density at radius 2 is 1.94 bits per heavy atom. The number of hydrogen-bond donors (Lipinski definition) is 1. The smallest absolute Gasteiger partial charge is 0.410 e. The highest BCUT2D eigenvalue weighted by Gasteiger charge is 2.32. The predicted octanol–water partition coefficient (Wildman–Crippen LogP) is 4.54. The number of ether oxygens (including phenoxy) is 3. The summed E-state index contributed by atoms with van der Waals surface area (Å²) in [6.07, 6.45) is 4.99.